The largest absolute Gasteiger partial charge is 0.354 e. The van der Waals surface area contributed by atoms with Gasteiger partial charge < -0.3 is 10.2 Å². The van der Waals surface area contributed by atoms with E-state index in [4.69, 9.17) is 23.2 Å². The zero-order chi connectivity index (χ0) is 33.4. The third-order valence-electron chi connectivity index (χ3n) is 7.35. The van der Waals surface area contributed by atoms with Gasteiger partial charge in [0.1, 0.15) is 18.4 Å². The number of carbonyl (C=O) groups is 2. The molecule has 4 aromatic carbocycles. The second kappa shape index (κ2) is 15.6. The Kier molecular flexibility index (Phi) is 11.8. The molecule has 0 saturated heterocycles. The highest BCUT2D eigenvalue weighted by atomic mass is 35.5. The van der Waals surface area contributed by atoms with Crippen LogP contribution < -0.4 is 9.62 Å². The van der Waals surface area contributed by atoms with Gasteiger partial charge in [0.05, 0.1) is 10.6 Å². The molecule has 0 aromatic heterocycles. The summed E-state index contributed by atoms with van der Waals surface area (Å²) in [5, 5.41) is 3.51. The van der Waals surface area contributed by atoms with Gasteiger partial charge >= 0.3 is 0 Å². The molecule has 0 heterocycles. The summed E-state index contributed by atoms with van der Waals surface area (Å²) in [6.07, 6.45) is 0.139. The van der Waals surface area contributed by atoms with Crippen LogP contribution in [0.15, 0.2) is 102 Å². The van der Waals surface area contributed by atoms with Gasteiger partial charge in [-0.2, -0.15) is 0 Å². The zero-order valence-electron chi connectivity index (χ0n) is 25.8. The van der Waals surface area contributed by atoms with Crippen molar-refractivity contribution in [2.75, 3.05) is 17.4 Å². The molecule has 0 spiro atoms. The highest BCUT2D eigenvalue weighted by Crippen LogP contribution is 2.29. The lowest BCUT2D eigenvalue weighted by Gasteiger charge is -2.34. The Morgan fingerprint density at radius 3 is 2.04 bits per heavy atom. The lowest BCUT2D eigenvalue weighted by molar-refractivity contribution is -0.140. The second-order valence-corrected chi connectivity index (χ2v) is 14.0. The van der Waals surface area contributed by atoms with Gasteiger partial charge in [0.15, 0.2) is 0 Å². The minimum Gasteiger partial charge on any atom is -0.354 e. The Balaban J connectivity index is 1.83. The summed E-state index contributed by atoms with van der Waals surface area (Å²) in [5.41, 5.74) is 2.12. The minimum atomic E-state index is -4.32. The number of hydrogen-bond donors (Lipinski definition) is 1. The van der Waals surface area contributed by atoms with Crippen LogP contribution in [0.2, 0.25) is 10.0 Å². The molecule has 46 heavy (non-hydrogen) atoms. The van der Waals surface area contributed by atoms with Crippen molar-refractivity contribution in [2.24, 2.45) is 5.92 Å². The zero-order valence-corrected chi connectivity index (χ0v) is 28.1. The number of aryl methyl sites for hydroxylation is 1. The van der Waals surface area contributed by atoms with Crippen LogP contribution in [0, 0.1) is 18.7 Å². The predicted molar refractivity (Wildman–Crippen MR) is 181 cm³/mol. The van der Waals surface area contributed by atoms with Gasteiger partial charge in [-0.15, -0.1) is 0 Å². The fraction of sp³-hybridized carbons (Fsp3) is 0.257. The molecule has 0 saturated carbocycles. The molecule has 1 atom stereocenters. The molecule has 242 valence electrons. The van der Waals surface area contributed by atoms with E-state index in [1.54, 1.807) is 30.3 Å². The third-order valence-corrected chi connectivity index (χ3v) is 9.84. The van der Waals surface area contributed by atoms with Crippen LogP contribution in [-0.2, 0) is 32.6 Å². The first-order valence-corrected chi connectivity index (χ1v) is 17.0. The van der Waals surface area contributed by atoms with Crippen molar-refractivity contribution < 1.29 is 22.4 Å². The smallest absolute Gasteiger partial charge is 0.264 e. The highest BCUT2D eigenvalue weighted by molar-refractivity contribution is 7.92. The standard InChI is InChI=1S/C35H36Cl2FN3O4S/c1-24(2)21-39-35(43)33(20-26-8-5-4-6-9-26)40(22-30-31(36)10-7-11-32(30)37)34(42)23-41(28-16-14-27(38)15-17-28)46(44,45)29-18-12-25(3)13-19-29/h4-19,24,33H,20-23H2,1-3H3,(H,39,43)/t33-/m0/s1. The Morgan fingerprint density at radius 2 is 1.46 bits per heavy atom. The molecule has 4 rings (SSSR count). The van der Waals surface area contributed by atoms with Crippen LogP contribution in [0.25, 0.3) is 0 Å². The maximum absolute atomic E-state index is 14.5. The number of benzene rings is 4. The fourth-order valence-corrected chi connectivity index (χ4v) is 6.73. The first-order chi connectivity index (χ1) is 21.9. The number of rotatable bonds is 13. The second-order valence-electron chi connectivity index (χ2n) is 11.4. The fourth-order valence-electron chi connectivity index (χ4n) is 4.80. The van der Waals surface area contributed by atoms with E-state index in [1.165, 1.54) is 29.2 Å². The highest BCUT2D eigenvalue weighted by Gasteiger charge is 2.35. The van der Waals surface area contributed by atoms with E-state index in [9.17, 15) is 22.4 Å². The maximum Gasteiger partial charge on any atom is 0.264 e. The van der Waals surface area contributed by atoms with Gasteiger partial charge in [0.25, 0.3) is 10.0 Å². The number of amides is 2. The molecule has 0 aliphatic heterocycles. The average molecular weight is 685 g/mol. The summed E-state index contributed by atoms with van der Waals surface area (Å²) >= 11 is 13.1. The molecule has 0 unspecified atom stereocenters. The minimum absolute atomic E-state index is 0.0496. The van der Waals surface area contributed by atoms with Crippen molar-refractivity contribution in [3.8, 4) is 0 Å². The number of carbonyl (C=O) groups excluding carboxylic acids is 2. The molecule has 0 aliphatic carbocycles. The lowest BCUT2D eigenvalue weighted by Crippen LogP contribution is -2.53. The predicted octanol–water partition coefficient (Wildman–Crippen LogP) is 7.05. The molecule has 11 heteroatoms. The van der Waals surface area contributed by atoms with Gasteiger partial charge in [-0.3, -0.25) is 13.9 Å². The summed E-state index contributed by atoms with van der Waals surface area (Å²) in [4.78, 5) is 29.6. The van der Waals surface area contributed by atoms with E-state index in [1.807, 2.05) is 51.1 Å². The topological polar surface area (TPSA) is 86.8 Å². The van der Waals surface area contributed by atoms with Crippen molar-refractivity contribution in [2.45, 2.75) is 44.7 Å². The summed E-state index contributed by atoms with van der Waals surface area (Å²) in [7, 11) is -4.32. The van der Waals surface area contributed by atoms with Gasteiger partial charge in [-0.25, -0.2) is 12.8 Å². The van der Waals surface area contributed by atoms with Gasteiger partial charge in [-0.05, 0) is 66.9 Å². The SMILES string of the molecule is Cc1ccc(S(=O)(=O)N(CC(=O)N(Cc2c(Cl)cccc2Cl)[C@@H](Cc2ccccc2)C(=O)NCC(C)C)c2ccc(F)cc2)cc1. The Hall–Kier alpha value is -3.92. The molecular formula is C35H36Cl2FN3O4S. The van der Waals surface area contributed by atoms with Crippen molar-refractivity contribution in [1.82, 2.24) is 10.2 Å². The summed E-state index contributed by atoms with van der Waals surface area (Å²) in [6, 6.07) is 24.1. The normalized spacial score (nSPS) is 12.1. The van der Waals surface area contributed by atoms with Crippen molar-refractivity contribution >= 4 is 50.7 Å². The Labute approximate surface area is 280 Å². The number of nitrogens with zero attached hydrogens (tertiary/aromatic N) is 2. The molecule has 0 fully saturated rings. The molecule has 7 nitrogen and oxygen atoms in total. The van der Waals surface area contributed by atoms with Crippen LogP contribution in [0.5, 0.6) is 0 Å². The van der Waals surface area contributed by atoms with E-state index < -0.39 is 40.2 Å². The van der Waals surface area contributed by atoms with Crippen molar-refractivity contribution in [3.63, 3.8) is 0 Å². The van der Waals surface area contributed by atoms with E-state index in [2.05, 4.69) is 5.32 Å². The van der Waals surface area contributed by atoms with Crippen LogP contribution in [-0.4, -0.2) is 44.3 Å². The van der Waals surface area contributed by atoms with Gasteiger partial charge in [0.2, 0.25) is 11.8 Å². The third kappa shape index (κ3) is 8.87. The lowest BCUT2D eigenvalue weighted by atomic mass is 10.0. The van der Waals surface area contributed by atoms with Crippen LogP contribution in [0.1, 0.15) is 30.5 Å². The van der Waals surface area contributed by atoms with Crippen molar-refractivity contribution in [3.05, 3.63) is 130 Å². The van der Waals surface area contributed by atoms with E-state index in [0.29, 0.717) is 12.1 Å². The molecular weight excluding hydrogens is 648 g/mol. The number of hydrogen-bond acceptors (Lipinski definition) is 4. The molecule has 0 radical (unpaired) electrons. The van der Waals surface area contributed by atoms with E-state index >= 15 is 0 Å². The molecule has 1 N–H and O–H groups in total. The first kappa shape index (κ1) is 34.9. The van der Waals surface area contributed by atoms with Crippen molar-refractivity contribution in [1.29, 1.82) is 0 Å². The van der Waals surface area contributed by atoms with Crippen LogP contribution >= 0.6 is 23.2 Å². The summed E-state index contributed by atoms with van der Waals surface area (Å²) in [6.45, 7) is 5.23. The number of anilines is 1. The van der Waals surface area contributed by atoms with E-state index in [-0.39, 0.29) is 39.5 Å². The number of sulfonamides is 1. The molecule has 4 aromatic rings. The molecule has 2 amide bonds. The number of halogens is 3. The van der Waals surface area contributed by atoms with Gasteiger partial charge in [0, 0.05) is 35.1 Å². The molecule has 0 bridgehead atoms. The van der Waals surface area contributed by atoms with Crippen LogP contribution in [0.3, 0.4) is 0 Å². The summed E-state index contributed by atoms with van der Waals surface area (Å²) in [5.74, 6) is -1.53. The first-order valence-electron chi connectivity index (χ1n) is 14.8. The Morgan fingerprint density at radius 1 is 0.848 bits per heavy atom. The maximum atomic E-state index is 14.5. The average Bonchev–Trinajstić information content (AvgIpc) is 3.02. The summed E-state index contributed by atoms with van der Waals surface area (Å²) < 4.78 is 43.0. The number of nitrogens with one attached hydrogen (secondary N) is 1. The quantitative estimate of drug-likeness (QED) is 0.164. The monoisotopic (exact) mass is 683 g/mol. The van der Waals surface area contributed by atoms with Gasteiger partial charge in [-0.1, -0.05) is 91.1 Å². The van der Waals surface area contributed by atoms with E-state index in [0.717, 1.165) is 27.6 Å². The Bertz CT molecular complexity index is 1730. The van der Waals surface area contributed by atoms with Crippen LogP contribution in [0.4, 0.5) is 10.1 Å². The molecule has 0 aliphatic rings.